The van der Waals surface area contributed by atoms with Crippen LogP contribution in [0, 0.1) is 11.8 Å². The van der Waals surface area contributed by atoms with Gasteiger partial charge in [0.1, 0.15) is 18.1 Å². The minimum absolute atomic E-state index is 0.183. The number of carbonyl (C=O) groups excluding carboxylic acids is 4. The van der Waals surface area contributed by atoms with Crippen LogP contribution in [0.3, 0.4) is 0 Å². The number of rotatable bonds is 16. The van der Waals surface area contributed by atoms with Gasteiger partial charge in [0.05, 0.1) is 12.4 Å². The Labute approximate surface area is 210 Å². The average molecular weight is 510 g/mol. The molecule has 0 aromatic carbocycles. The number of nitrogens with two attached hydrogens (primary N) is 2. The fourth-order valence-corrected chi connectivity index (χ4v) is 3.44. The van der Waals surface area contributed by atoms with Crippen LogP contribution in [0.1, 0.15) is 59.1 Å². The van der Waals surface area contributed by atoms with E-state index in [1.165, 1.54) is 6.33 Å². The highest BCUT2D eigenvalue weighted by Gasteiger charge is 2.34. The monoisotopic (exact) mass is 509 g/mol. The molecule has 13 heteroatoms. The molecule has 6 atom stereocenters. The second-order valence-corrected chi connectivity index (χ2v) is 9.04. The number of hydrogen-bond acceptors (Lipinski definition) is 7. The number of primary amides is 1. The largest absolute Gasteiger partial charge is 0.480 e. The Morgan fingerprint density at radius 1 is 0.972 bits per heavy atom. The third kappa shape index (κ3) is 9.64. The summed E-state index contributed by atoms with van der Waals surface area (Å²) in [5.41, 5.74) is 11.8. The molecule has 0 aliphatic rings. The van der Waals surface area contributed by atoms with Gasteiger partial charge in [-0.15, -0.1) is 0 Å². The average Bonchev–Trinajstić information content (AvgIpc) is 3.34. The molecule has 0 aliphatic carbocycles. The van der Waals surface area contributed by atoms with E-state index in [0.29, 0.717) is 18.5 Å². The van der Waals surface area contributed by atoms with Crippen molar-refractivity contribution < 1.29 is 29.1 Å². The Bertz CT molecular complexity index is 892. The van der Waals surface area contributed by atoms with Crippen molar-refractivity contribution in [3.8, 4) is 0 Å². The van der Waals surface area contributed by atoms with Crippen molar-refractivity contribution in [2.75, 3.05) is 0 Å². The van der Waals surface area contributed by atoms with Crippen molar-refractivity contribution in [3.05, 3.63) is 18.2 Å². The van der Waals surface area contributed by atoms with Gasteiger partial charge in [-0.05, 0) is 18.3 Å². The fourth-order valence-electron chi connectivity index (χ4n) is 3.44. The van der Waals surface area contributed by atoms with Crippen molar-refractivity contribution in [1.29, 1.82) is 0 Å². The number of carboxylic acids is 1. The molecule has 0 saturated heterocycles. The number of nitrogens with one attached hydrogen (secondary N) is 4. The number of aromatic amines is 1. The van der Waals surface area contributed by atoms with E-state index < -0.39 is 53.8 Å². The van der Waals surface area contributed by atoms with Crippen LogP contribution in [0.4, 0.5) is 0 Å². The molecule has 0 bridgehead atoms. The van der Waals surface area contributed by atoms with E-state index in [1.807, 2.05) is 13.8 Å². The Morgan fingerprint density at radius 3 is 1.94 bits per heavy atom. The Kier molecular flexibility index (Phi) is 12.6. The van der Waals surface area contributed by atoms with Crippen LogP contribution in [0.25, 0.3) is 0 Å². The van der Waals surface area contributed by atoms with Crippen molar-refractivity contribution in [3.63, 3.8) is 0 Å². The van der Waals surface area contributed by atoms with Gasteiger partial charge in [0.2, 0.25) is 23.6 Å². The first-order chi connectivity index (χ1) is 16.9. The second kappa shape index (κ2) is 14.8. The number of hydrogen-bond donors (Lipinski definition) is 7. The molecule has 0 saturated carbocycles. The molecule has 0 fully saturated rings. The summed E-state index contributed by atoms with van der Waals surface area (Å²) in [7, 11) is 0. The zero-order chi connectivity index (χ0) is 27.4. The van der Waals surface area contributed by atoms with Crippen molar-refractivity contribution in [2.45, 2.75) is 84.0 Å². The highest BCUT2D eigenvalue weighted by Crippen LogP contribution is 2.13. The van der Waals surface area contributed by atoms with Crippen LogP contribution in [0.5, 0.6) is 0 Å². The molecule has 1 heterocycles. The van der Waals surface area contributed by atoms with E-state index in [9.17, 15) is 29.1 Å². The molecule has 0 aliphatic heterocycles. The van der Waals surface area contributed by atoms with Crippen LogP contribution >= 0.6 is 0 Å². The van der Waals surface area contributed by atoms with E-state index in [4.69, 9.17) is 11.5 Å². The summed E-state index contributed by atoms with van der Waals surface area (Å²) in [6, 6.07) is -4.32. The Morgan fingerprint density at radius 2 is 1.50 bits per heavy atom. The molecular weight excluding hydrogens is 470 g/mol. The first-order valence-electron chi connectivity index (χ1n) is 12.1. The molecule has 6 unspecified atom stereocenters. The van der Waals surface area contributed by atoms with Gasteiger partial charge >= 0.3 is 5.97 Å². The molecule has 202 valence electrons. The van der Waals surface area contributed by atoms with Gasteiger partial charge in [0.25, 0.3) is 0 Å². The molecule has 36 heavy (non-hydrogen) atoms. The standard InChI is InChI=1S/C23H39N7O6/c1-5-12(3)18(21(33)28-16(23(35)36)7-8-17(25)31)30-22(34)19(13(4)6-2)29-20(32)15(24)9-14-10-26-11-27-14/h10-13,15-16,18-19H,5-9,24H2,1-4H3,(H2,25,31)(H,26,27)(H,28,33)(H,29,32)(H,30,34)(H,35,36). The van der Waals surface area contributed by atoms with Gasteiger partial charge < -0.3 is 37.5 Å². The molecular formula is C23H39N7O6. The number of imidazole rings is 1. The zero-order valence-electron chi connectivity index (χ0n) is 21.2. The van der Waals surface area contributed by atoms with E-state index in [-0.39, 0.29) is 31.1 Å². The third-order valence-electron chi connectivity index (χ3n) is 6.21. The first kappa shape index (κ1) is 30.6. The molecule has 1 aromatic heterocycles. The van der Waals surface area contributed by atoms with Crippen LogP contribution in [0.2, 0.25) is 0 Å². The molecule has 13 nitrogen and oxygen atoms in total. The minimum Gasteiger partial charge on any atom is -0.480 e. The summed E-state index contributed by atoms with van der Waals surface area (Å²) < 4.78 is 0. The maximum Gasteiger partial charge on any atom is 0.326 e. The van der Waals surface area contributed by atoms with Crippen LogP contribution < -0.4 is 27.4 Å². The summed E-state index contributed by atoms with van der Waals surface area (Å²) in [5.74, 6) is -4.48. The van der Waals surface area contributed by atoms with Gasteiger partial charge in [0, 0.05) is 24.7 Å². The number of nitrogens with zero attached hydrogens (tertiary/aromatic N) is 1. The summed E-state index contributed by atoms with van der Waals surface area (Å²) in [6.45, 7) is 7.20. The number of H-pyrrole nitrogens is 1. The molecule has 0 radical (unpaired) electrons. The first-order valence-corrected chi connectivity index (χ1v) is 12.1. The highest BCUT2D eigenvalue weighted by atomic mass is 16.4. The van der Waals surface area contributed by atoms with Gasteiger partial charge in [0.15, 0.2) is 0 Å². The highest BCUT2D eigenvalue weighted by molar-refractivity contribution is 5.94. The molecule has 4 amide bonds. The van der Waals surface area contributed by atoms with Crippen molar-refractivity contribution in [2.24, 2.45) is 23.3 Å². The Hall–Kier alpha value is -3.48. The summed E-state index contributed by atoms with van der Waals surface area (Å²) in [5, 5.41) is 17.2. The van der Waals surface area contributed by atoms with Crippen LogP contribution in [-0.2, 0) is 30.4 Å². The predicted octanol–water partition coefficient (Wildman–Crippen LogP) is -0.824. The number of amides is 4. The number of aliphatic carboxylic acids is 1. The topological polar surface area (TPSA) is 222 Å². The molecule has 9 N–H and O–H groups in total. The van der Waals surface area contributed by atoms with E-state index in [2.05, 4.69) is 25.9 Å². The SMILES string of the molecule is CCC(C)C(NC(=O)C(N)Cc1cnc[nH]1)C(=O)NC(C(=O)NC(CCC(N)=O)C(=O)O)C(C)CC. The van der Waals surface area contributed by atoms with Crippen LogP contribution in [-0.4, -0.2) is 68.8 Å². The van der Waals surface area contributed by atoms with E-state index in [1.54, 1.807) is 20.0 Å². The van der Waals surface area contributed by atoms with Crippen molar-refractivity contribution in [1.82, 2.24) is 25.9 Å². The lowest BCUT2D eigenvalue weighted by molar-refractivity contribution is -0.143. The summed E-state index contributed by atoms with van der Waals surface area (Å²) in [6.07, 6.45) is 3.87. The van der Waals surface area contributed by atoms with Gasteiger partial charge in [-0.3, -0.25) is 19.2 Å². The zero-order valence-corrected chi connectivity index (χ0v) is 21.2. The summed E-state index contributed by atoms with van der Waals surface area (Å²) in [4.78, 5) is 68.3. The lowest BCUT2D eigenvalue weighted by atomic mass is 9.94. The smallest absolute Gasteiger partial charge is 0.326 e. The summed E-state index contributed by atoms with van der Waals surface area (Å²) >= 11 is 0. The molecule has 1 rings (SSSR count). The van der Waals surface area contributed by atoms with Gasteiger partial charge in [-0.25, -0.2) is 9.78 Å². The molecule has 0 spiro atoms. The molecule has 1 aromatic rings. The predicted molar refractivity (Wildman–Crippen MR) is 131 cm³/mol. The third-order valence-corrected chi connectivity index (χ3v) is 6.21. The van der Waals surface area contributed by atoms with Crippen LogP contribution in [0.15, 0.2) is 12.5 Å². The Balaban J connectivity index is 2.99. The number of aromatic nitrogens is 2. The normalized spacial score (nSPS) is 16.0. The quantitative estimate of drug-likeness (QED) is 0.149. The van der Waals surface area contributed by atoms with E-state index in [0.717, 1.165) is 0 Å². The number of carbonyl (C=O) groups is 5. The maximum atomic E-state index is 13.2. The lowest BCUT2D eigenvalue weighted by Gasteiger charge is -2.30. The van der Waals surface area contributed by atoms with Gasteiger partial charge in [-0.1, -0.05) is 40.5 Å². The minimum atomic E-state index is -1.35. The number of carboxylic acid groups (broad SMARTS) is 1. The lowest BCUT2D eigenvalue weighted by Crippen LogP contribution is -2.60. The van der Waals surface area contributed by atoms with E-state index >= 15 is 0 Å². The fraction of sp³-hybridized carbons (Fsp3) is 0.652. The second-order valence-electron chi connectivity index (χ2n) is 9.04. The maximum absolute atomic E-state index is 13.2. The van der Waals surface area contributed by atoms with Crippen molar-refractivity contribution >= 4 is 29.6 Å². The van der Waals surface area contributed by atoms with Gasteiger partial charge in [-0.2, -0.15) is 0 Å².